The maximum atomic E-state index is 10.5. The lowest BCUT2D eigenvalue weighted by Crippen LogP contribution is -2.14. The molecule has 0 aliphatic carbocycles. The Balaban J connectivity index is 1.81. The SMILES string of the molecule is O=Cc1ccc(OCCOCCOCCOCCOCCCl)cc1. The van der Waals surface area contributed by atoms with Crippen LogP contribution in [0.15, 0.2) is 24.3 Å². The van der Waals surface area contributed by atoms with Gasteiger partial charge in [0.25, 0.3) is 0 Å². The summed E-state index contributed by atoms with van der Waals surface area (Å²) in [5.74, 6) is 1.22. The van der Waals surface area contributed by atoms with Crippen LogP contribution in [-0.4, -0.2) is 71.6 Å². The van der Waals surface area contributed by atoms with Crippen LogP contribution in [0.5, 0.6) is 5.75 Å². The Labute approximate surface area is 147 Å². The summed E-state index contributed by atoms with van der Waals surface area (Å²) in [6.07, 6.45) is 0.799. The Morgan fingerprint density at radius 2 is 1.17 bits per heavy atom. The minimum atomic E-state index is 0.450. The summed E-state index contributed by atoms with van der Waals surface area (Å²) in [7, 11) is 0. The fourth-order valence-corrected chi connectivity index (χ4v) is 1.79. The lowest BCUT2D eigenvalue weighted by atomic mass is 10.2. The first-order valence-electron chi connectivity index (χ1n) is 7.92. The molecule has 0 saturated carbocycles. The summed E-state index contributed by atoms with van der Waals surface area (Å²) < 4.78 is 26.7. The monoisotopic (exact) mass is 360 g/mol. The summed E-state index contributed by atoms with van der Waals surface area (Å²) in [5, 5.41) is 0. The topological polar surface area (TPSA) is 63.2 Å². The van der Waals surface area contributed by atoms with Gasteiger partial charge in [0.05, 0.1) is 52.9 Å². The Morgan fingerprint density at radius 1 is 0.708 bits per heavy atom. The van der Waals surface area contributed by atoms with Crippen molar-refractivity contribution in [3.05, 3.63) is 29.8 Å². The molecule has 6 nitrogen and oxygen atoms in total. The van der Waals surface area contributed by atoms with E-state index < -0.39 is 0 Å². The third kappa shape index (κ3) is 11.4. The second-order valence-corrected chi connectivity index (χ2v) is 5.05. The molecular formula is C17H25ClO6. The highest BCUT2D eigenvalue weighted by Gasteiger charge is 1.96. The van der Waals surface area contributed by atoms with E-state index in [4.69, 9.17) is 35.3 Å². The third-order valence-electron chi connectivity index (χ3n) is 2.85. The van der Waals surface area contributed by atoms with Crippen LogP contribution in [0.4, 0.5) is 0 Å². The third-order valence-corrected chi connectivity index (χ3v) is 3.00. The molecule has 0 aliphatic heterocycles. The Kier molecular flexibility index (Phi) is 13.3. The number of carbonyl (C=O) groups excluding carboxylic acids is 1. The van der Waals surface area contributed by atoms with Gasteiger partial charge in [-0.1, -0.05) is 0 Å². The van der Waals surface area contributed by atoms with Gasteiger partial charge in [0.2, 0.25) is 0 Å². The molecule has 0 spiro atoms. The quantitative estimate of drug-likeness (QED) is 0.256. The number of alkyl halides is 1. The summed E-state index contributed by atoms with van der Waals surface area (Å²) in [4.78, 5) is 10.5. The molecule has 0 aromatic heterocycles. The van der Waals surface area contributed by atoms with Crippen molar-refractivity contribution in [3.63, 3.8) is 0 Å². The first-order valence-corrected chi connectivity index (χ1v) is 8.45. The van der Waals surface area contributed by atoms with E-state index in [0.717, 1.165) is 6.29 Å². The van der Waals surface area contributed by atoms with Crippen LogP contribution in [0, 0.1) is 0 Å². The smallest absolute Gasteiger partial charge is 0.150 e. The van der Waals surface area contributed by atoms with Crippen molar-refractivity contribution >= 4 is 17.9 Å². The van der Waals surface area contributed by atoms with E-state index in [1.54, 1.807) is 24.3 Å². The van der Waals surface area contributed by atoms with Crippen LogP contribution >= 0.6 is 11.6 Å². The van der Waals surface area contributed by atoms with Crippen LogP contribution in [-0.2, 0) is 18.9 Å². The van der Waals surface area contributed by atoms with Crippen LogP contribution in [0.2, 0.25) is 0 Å². The van der Waals surface area contributed by atoms with E-state index in [1.165, 1.54) is 0 Å². The van der Waals surface area contributed by atoms with Gasteiger partial charge in [-0.2, -0.15) is 0 Å². The second-order valence-electron chi connectivity index (χ2n) is 4.67. The van der Waals surface area contributed by atoms with Crippen molar-refractivity contribution in [2.24, 2.45) is 0 Å². The summed E-state index contributed by atoms with van der Waals surface area (Å²) in [5.41, 5.74) is 0.627. The highest BCUT2D eigenvalue weighted by molar-refractivity contribution is 6.17. The molecular weight excluding hydrogens is 336 g/mol. The van der Waals surface area contributed by atoms with Gasteiger partial charge in [-0.15, -0.1) is 11.6 Å². The zero-order valence-electron chi connectivity index (χ0n) is 13.8. The number of ether oxygens (including phenoxy) is 5. The average Bonchev–Trinajstić information content (AvgIpc) is 2.62. The van der Waals surface area contributed by atoms with E-state index in [1.807, 2.05) is 0 Å². The van der Waals surface area contributed by atoms with Gasteiger partial charge < -0.3 is 23.7 Å². The number of carbonyl (C=O) groups is 1. The highest BCUT2D eigenvalue weighted by atomic mass is 35.5. The summed E-state index contributed by atoms with van der Waals surface area (Å²) in [6.45, 7) is 4.65. The van der Waals surface area contributed by atoms with E-state index in [9.17, 15) is 4.79 Å². The molecule has 0 atom stereocenters. The van der Waals surface area contributed by atoms with Gasteiger partial charge in [0.15, 0.2) is 0 Å². The van der Waals surface area contributed by atoms with Gasteiger partial charge >= 0.3 is 0 Å². The number of aldehydes is 1. The normalized spacial score (nSPS) is 10.7. The van der Waals surface area contributed by atoms with Crippen LogP contribution in [0.25, 0.3) is 0 Å². The van der Waals surface area contributed by atoms with E-state index in [0.29, 0.717) is 76.7 Å². The number of hydrogen-bond donors (Lipinski definition) is 0. The van der Waals surface area contributed by atoms with Crippen LogP contribution in [0.3, 0.4) is 0 Å². The van der Waals surface area contributed by atoms with Gasteiger partial charge in [0.1, 0.15) is 18.6 Å². The summed E-state index contributed by atoms with van der Waals surface area (Å²) in [6, 6.07) is 6.94. The molecule has 0 unspecified atom stereocenters. The van der Waals surface area contributed by atoms with Gasteiger partial charge in [-0.25, -0.2) is 0 Å². The van der Waals surface area contributed by atoms with Gasteiger partial charge in [-0.05, 0) is 24.3 Å². The number of rotatable bonds is 16. The van der Waals surface area contributed by atoms with Crippen molar-refractivity contribution in [1.29, 1.82) is 0 Å². The van der Waals surface area contributed by atoms with Crippen molar-refractivity contribution in [2.45, 2.75) is 0 Å². The highest BCUT2D eigenvalue weighted by Crippen LogP contribution is 2.10. The van der Waals surface area contributed by atoms with Crippen LogP contribution in [0.1, 0.15) is 10.4 Å². The molecule has 1 aromatic carbocycles. The minimum absolute atomic E-state index is 0.450. The zero-order chi connectivity index (χ0) is 17.3. The van der Waals surface area contributed by atoms with Crippen molar-refractivity contribution in [3.8, 4) is 5.75 Å². The van der Waals surface area contributed by atoms with E-state index >= 15 is 0 Å². The Morgan fingerprint density at radius 3 is 1.62 bits per heavy atom. The molecule has 0 saturated heterocycles. The molecule has 1 aromatic rings. The van der Waals surface area contributed by atoms with Gasteiger partial charge in [-0.3, -0.25) is 4.79 Å². The minimum Gasteiger partial charge on any atom is -0.491 e. The number of benzene rings is 1. The van der Waals surface area contributed by atoms with Crippen LogP contribution < -0.4 is 4.74 Å². The van der Waals surface area contributed by atoms with Gasteiger partial charge in [0, 0.05) is 11.4 Å². The lowest BCUT2D eigenvalue weighted by molar-refractivity contribution is -0.00326. The molecule has 7 heteroatoms. The molecule has 136 valence electrons. The maximum absolute atomic E-state index is 10.5. The van der Waals surface area contributed by atoms with Crippen molar-refractivity contribution in [2.75, 3.05) is 65.3 Å². The first kappa shape index (κ1) is 20.9. The van der Waals surface area contributed by atoms with Crippen molar-refractivity contribution < 1.29 is 28.5 Å². The predicted octanol–water partition coefficient (Wildman–Crippen LogP) is 2.18. The zero-order valence-corrected chi connectivity index (χ0v) is 14.5. The number of hydrogen-bond acceptors (Lipinski definition) is 6. The second kappa shape index (κ2) is 15.4. The van der Waals surface area contributed by atoms with E-state index in [-0.39, 0.29) is 0 Å². The first-order chi connectivity index (χ1) is 11.9. The molecule has 0 heterocycles. The fourth-order valence-electron chi connectivity index (χ4n) is 1.68. The molecule has 0 bridgehead atoms. The predicted molar refractivity (Wildman–Crippen MR) is 91.3 cm³/mol. The van der Waals surface area contributed by atoms with E-state index in [2.05, 4.69) is 0 Å². The molecule has 0 radical (unpaired) electrons. The molecule has 1 rings (SSSR count). The largest absolute Gasteiger partial charge is 0.491 e. The summed E-state index contributed by atoms with van der Waals surface area (Å²) >= 11 is 5.47. The standard InChI is InChI=1S/C17H25ClO6/c18-5-6-20-7-8-21-9-10-22-11-12-23-13-14-24-17-3-1-16(15-19)2-4-17/h1-4,15H,5-14H2. The maximum Gasteiger partial charge on any atom is 0.150 e. The molecule has 0 N–H and O–H groups in total. The van der Waals surface area contributed by atoms with Crippen molar-refractivity contribution in [1.82, 2.24) is 0 Å². The molecule has 0 fully saturated rings. The molecule has 0 amide bonds. The number of halogens is 1. The molecule has 0 aliphatic rings. The Bertz CT molecular complexity index is 412. The lowest BCUT2D eigenvalue weighted by Gasteiger charge is -2.08. The average molecular weight is 361 g/mol. The Hall–Kier alpha value is -1.18. The molecule has 24 heavy (non-hydrogen) atoms. The fraction of sp³-hybridized carbons (Fsp3) is 0.588.